The van der Waals surface area contributed by atoms with Crippen molar-refractivity contribution in [2.75, 3.05) is 26.2 Å². The van der Waals surface area contributed by atoms with Gasteiger partial charge in [0.1, 0.15) is 36.3 Å². The summed E-state index contributed by atoms with van der Waals surface area (Å²) in [7, 11) is -11.6. The minimum absolute atomic E-state index is 0. The molecule has 20 nitrogen and oxygen atoms in total. The third-order valence-electron chi connectivity index (χ3n) is 14.2. The molecule has 428 valence electrons. The first-order valence-corrected chi connectivity index (χ1v) is 27.5. The number of piperidine rings is 2. The van der Waals surface area contributed by atoms with Crippen LogP contribution in [0.1, 0.15) is 128 Å². The molecule has 4 aliphatic heterocycles. The van der Waals surface area contributed by atoms with Crippen molar-refractivity contribution < 1.29 is 71.9 Å². The topological polar surface area (TPSA) is 297 Å². The SMILES string of the molecule is C.CC(C)[C@H](NS(=O)(=O)C(F)(F)F)C(=O)N1CC[C@@H](C(C)(C)C)C[C@H]1C(=O)N[C@H](C#N)C[C@@H]1CCNC1=O.CC(C)[C@H](NS(=O)(=O)C(F)(F)F)C(=O)N1CC[C@H](C(C)(C)C)C[C@@H]1C(=O)N[C@H](C#N)C[C@@H]1CCNC1=O. The fraction of sp³-hybridized carbons (Fsp3) is 0.830. The van der Waals surface area contributed by atoms with Crippen LogP contribution in [0.4, 0.5) is 26.3 Å². The molecule has 6 amide bonds. The molecule has 4 heterocycles. The van der Waals surface area contributed by atoms with E-state index in [2.05, 4.69) is 21.3 Å². The number of nitrogens with one attached hydrogen (secondary N) is 6. The zero-order chi connectivity index (χ0) is 56.7. The van der Waals surface area contributed by atoms with E-state index in [1.54, 1.807) is 0 Å². The number of halogens is 6. The lowest BCUT2D eigenvalue weighted by atomic mass is 9.73. The number of hydrogen-bond donors (Lipinski definition) is 6. The quantitative estimate of drug-likeness (QED) is 0.120. The van der Waals surface area contributed by atoms with E-state index < -0.39 is 115 Å². The van der Waals surface area contributed by atoms with Gasteiger partial charge in [-0.3, -0.25) is 28.8 Å². The molecule has 0 radical (unpaired) electrons. The second kappa shape index (κ2) is 26.0. The summed E-state index contributed by atoms with van der Waals surface area (Å²) in [5.41, 5.74) is -11.7. The molecule has 0 saturated carbocycles. The van der Waals surface area contributed by atoms with Crippen LogP contribution in [0.3, 0.4) is 0 Å². The molecular weight excluding hydrogens is 1040 g/mol. The van der Waals surface area contributed by atoms with Crippen LogP contribution in [-0.2, 0) is 48.8 Å². The van der Waals surface area contributed by atoms with E-state index in [9.17, 15) is 82.5 Å². The summed E-state index contributed by atoms with van der Waals surface area (Å²) >= 11 is 0. The number of nitriles is 2. The summed E-state index contributed by atoms with van der Waals surface area (Å²) in [5, 5.41) is 29.7. The van der Waals surface area contributed by atoms with Crippen molar-refractivity contribution in [3.8, 4) is 12.1 Å². The maximum absolute atomic E-state index is 13.4. The van der Waals surface area contributed by atoms with Crippen molar-refractivity contribution in [1.82, 2.24) is 40.5 Å². The van der Waals surface area contributed by atoms with Crippen LogP contribution in [0.15, 0.2) is 0 Å². The van der Waals surface area contributed by atoms with Crippen molar-refractivity contribution in [3.05, 3.63) is 0 Å². The Hall–Kier alpha value is -4.80. The zero-order valence-corrected chi connectivity index (χ0v) is 45.0. The van der Waals surface area contributed by atoms with Crippen LogP contribution in [-0.4, -0.2) is 136 Å². The first-order valence-electron chi connectivity index (χ1n) is 24.5. The predicted molar refractivity (Wildman–Crippen MR) is 262 cm³/mol. The van der Waals surface area contributed by atoms with Gasteiger partial charge in [0, 0.05) is 38.0 Å². The van der Waals surface area contributed by atoms with E-state index in [4.69, 9.17) is 0 Å². The van der Waals surface area contributed by atoms with Gasteiger partial charge in [-0.05, 0) is 85.9 Å². The van der Waals surface area contributed by atoms with Crippen LogP contribution in [0.2, 0.25) is 0 Å². The first kappa shape index (κ1) is 66.3. The molecule has 10 atom stereocenters. The lowest BCUT2D eigenvalue weighted by Crippen LogP contribution is -2.61. The second-order valence-electron chi connectivity index (χ2n) is 22.3. The Balaban J connectivity index is 0.000000507. The van der Waals surface area contributed by atoms with Gasteiger partial charge < -0.3 is 31.1 Å². The molecule has 4 aliphatic rings. The lowest BCUT2D eigenvalue weighted by molar-refractivity contribution is -0.146. The minimum Gasteiger partial charge on any atom is -0.356 e. The van der Waals surface area contributed by atoms with Crippen LogP contribution in [0, 0.1) is 69.0 Å². The van der Waals surface area contributed by atoms with Crippen molar-refractivity contribution in [2.45, 2.75) is 175 Å². The Kier molecular flexibility index (Phi) is 23.0. The molecule has 0 aromatic carbocycles. The normalized spacial score (nSPS) is 24.5. The van der Waals surface area contributed by atoms with Gasteiger partial charge in [0.15, 0.2) is 0 Å². The number of alkyl halides is 6. The van der Waals surface area contributed by atoms with Gasteiger partial charge in [-0.2, -0.15) is 46.3 Å². The van der Waals surface area contributed by atoms with E-state index in [0.29, 0.717) is 38.8 Å². The Morgan fingerprint density at radius 1 is 0.613 bits per heavy atom. The maximum Gasteiger partial charge on any atom is 0.511 e. The summed E-state index contributed by atoms with van der Waals surface area (Å²) < 4.78 is 128. The minimum atomic E-state index is -5.82. The molecule has 0 unspecified atom stereocenters. The highest BCUT2D eigenvalue weighted by atomic mass is 32.2. The number of sulfonamides is 2. The summed E-state index contributed by atoms with van der Waals surface area (Å²) in [6, 6.07) is -3.86. The molecule has 28 heteroatoms. The van der Waals surface area contributed by atoms with E-state index in [1.165, 1.54) is 37.1 Å². The monoisotopic (exact) mass is 1120 g/mol. The highest BCUT2D eigenvalue weighted by molar-refractivity contribution is 7.90. The van der Waals surface area contributed by atoms with Gasteiger partial charge in [-0.25, -0.2) is 16.8 Å². The number of carbonyl (C=O) groups excluding carboxylic acids is 6. The van der Waals surface area contributed by atoms with Crippen molar-refractivity contribution in [1.29, 1.82) is 10.5 Å². The summed E-state index contributed by atoms with van der Waals surface area (Å²) in [6.45, 7) is 18.4. The van der Waals surface area contributed by atoms with Gasteiger partial charge in [0.2, 0.25) is 35.4 Å². The largest absolute Gasteiger partial charge is 0.511 e. The molecule has 6 N–H and O–H groups in total. The molecule has 4 rings (SSSR count). The third kappa shape index (κ3) is 17.6. The molecular formula is C47H76F6N10O10S2. The van der Waals surface area contributed by atoms with Gasteiger partial charge in [0.05, 0.1) is 12.1 Å². The van der Waals surface area contributed by atoms with Crippen molar-refractivity contribution >= 4 is 55.5 Å². The van der Waals surface area contributed by atoms with E-state index in [-0.39, 0.29) is 80.7 Å². The molecule has 4 fully saturated rings. The maximum atomic E-state index is 13.4. The van der Waals surface area contributed by atoms with Crippen LogP contribution in [0.5, 0.6) is 0 Å². The number of hydrogen-bond acceptors (Lipinski definition) is 12. The smallest absolute Gasteiger partial charge is 0.356 e. The number of nitrogens with zero attached hydrogens (tertiary/aromatic N) is 4. The van der Waals surface area contributed by atoms with Crippen molar-refractivity contribution in [3.63, 3.8) is 0 Å². The van der Waals surface area contributed by atoms with Gasteiger partial charge in [-0.15, -0.1) is 0 Å². The fourth-order valence-electron chi connectivity index (χ4n) is 9.43. The summed E-state index contributed by atoms with van der Waals surface area (Å²) in [4.78, 5) is 79.6. The number of rotatable bonds is 16. The summed E-state index contributed by atoms with van der Waals surface area (Å²) in [6.07, 6.45) is 2.47. The number of likely N-dealkylation sites (tertiary alicyclic amines) is 2. The molecule has 0 aliphatic carbocycles. The standard InChI is InChI=1S/2C23H36F3N5O5S.CH4/c2*1-13(2)18(30-37(35,36)23(24,25)26)21(34)31-9-7-15(22(3,4)5)11-17(31)20(33)29-16(12-27)10-14-6-8-28-19(14)32;/h2*13-18,30H,6-11H2,1-5H3,(H,28,32)(H,29,33);1H4/t14-,15+,16-,17-,18-;14-,15-,16-,17+,18-;/m00./s1. The van der Waals surface area contributed by atoms with Crippen LogP contribution < -0.4 is 30.7 Å². The highest BCUT2D eigenvalue weighted by Gasteiger charge is 2.52. The Morgan fingerprint density at radius 3 is 1.15 bits per heavy atom. The Bertz CT molecular complexity index is 2200. The fourth-order valence-corrected chi connectivity index (χ4v) is 11.1. The average molecular weight is 1120 g/mol. The third-order valence-corrected chi connectivity index (χ3v) is 16.5. The van der Waals surface area contributed by atoms with Crippen molar-refractivity contribution in [2.24, 2.45) is 46.3 Å². The number of carbonyl (C=O) groups is 6. The average Bonchev–Trinajstić information content (AvgIpc) is 3.89. The molecule has 0 spiro atoms. The molecule has 0 aromatic rings. The highest BCUT2D eigenvalue weighted by Crippen LogP contribution is 2.39. The van der Waals surface area contributed by atoms with Gasteiger partial charge >= 0.3 is 31.1 Å². The number of amides is 6. The Morgan fingerprint density at radius 2 is 0.920 bits per heavy atom. The lowest BCUT2D eigenvalue weighted by Gasteiger charge is -2.44. The first-order chi connectivity index (χ1) is 33.8. The van der Waals surface area contributed by atoms with Gasteiger partial charge in [-0.1, -0.05) is 76.7 Å². The molecule has 0 aromatic heterocycles. The molecule has 75 heavy (non-hydrogen) atoms. The molecule has 4 saturated heterocycles. The van der Waals surface area contributed by atoms with Crippen LogP contribution in [0.25, 0.3) is 0 Å². The predicted octanol–water partition coefficient (Wildman–Crippen LogP) is 3.91. The second-order valence-corrected chi connectivity index (χ2v) is 25.7. The molecule has 0 bridgehead atoms. The summed E-state index contributed by atoms with van der Waals surface area (Å²) in [5.74, 6) is -6.31. The van der Waals surface area contributed by atoms with E-state index in [0.717, 1.165) is 9.80 Å². The van der Waals surface area contributed by atoms with Gasteiger partial charge in [0.25, 0.3) is 0 Å². The van der Waals surface area contributed by atoms with Crippen LogP contribution >= 0.6 is 0 Å². The Labute approximate surface area is 437 Å². The van der Waals surface area contributed by atoms with E-state index in [1.807, 2.05) is 53.7 Å². The zero-order valence-electron chi connectivity index (χ0n) is 43.4. The van der Waals surface area contributed by atoms with E-state index >= 15 is 0 Å².